The Morgan fingerprint density at radius 1 is 1.25 bits per heavy atom. The van der Waals surface area contributed by atoms with Crippen LogP contribution in [0.5, 0.6) is 0 Å². The van der Waals surface area contributed by atoms with E-state index in [4.69, 9.17) is 4.74 Å². The average molecular weight is 168 g/mol. The molecule has 0 atom stereocenters. The van der Waals surface area contributed by atoms with Crippen LogP contribution >= 0.6 is 0 Å². The van der Waals surface area contributed by atoms with Crippen molar-refractivity contribution in [1.82, 2.24) is 0 Å². The van der Waals surface area contributed by atoms with Gasteiger partial charge >= 0.3 is 0 Å². The summed E-state index contributed by atoms with van der Waals surface area (Å²) < 4.78 is 5.01. The molecule has 0 aliphatic carbocycles. The molecule has 0 heterocycles. The Labute approximate surface area is 76.4 Å². The van der Waals surface area contributed by atoms with Gasteiger partial charge in [0.15, 0.2) is 0 Å². The van der Waals surface area contributed by atoms with Gasteiger partial charge in [-0.15, -0.1) is 0 Å². The van der Waals surface area contributed by atoms with Gasteiger partial charge in [0.25, 0.3) is 0 Å². The smallest absolute Gasteiger partial charge is 0.114 e. The SMILES string of the molecule is C/C=C\C.C=C(C)C(=C)OCC. The molecule has 0 radical (unpaired) electrons. The maximum Gasteiger partial charge on any atom is 0.114 e. The van der Waals surface area contributed by atoms with Crippen LogP contribution in [0, 0.1) is 0 Å². The Kier molecular flexibility index (Phi) is 11.4. The molecule has 0 aromatic heterocycles. The molecule has 0 fully saturated rings. The molecular formula is C11H20O. The fourth-order valence-electron chi connectivity index (χ4n) is 0.297. The first kappa shape index (κ1) is 13.6. The molecule has 0 N–H and O–H groups in total. The van der Waals surface area contributed by atoms with E-state index in [1.165, 1.54) is 0 Å². The number of hydrogen-bond donors (Lipinski definition) is 0. The lowest BCUT2D eigenvalue weighted by molar-refractivity contribution is 0.239. The zero-order valence-electron chi connectivity index (χ0n) is 8.68. The zero-order valence-corrected chi connectivity index (χ0v) is 8.68. The second-order valence-electron chi connectivity index (χ2n) is 2.30. The van der Waals surface area contributed by atoms with Crippen LogP contribution in [0.1, 0.15) is 27.7 Å². The highest BCUT2D eigenvalue weighted by molar-refractivity contribution is 5.15. The normalized spacial score (nSPS) is 8.67. The van der Waals surface area contributed by atoms with Gasteiger partial charge in [0.05, 0.1) is 6.61 Å². The summed E-state index contributed by atoms with van der Waals surface area (Å²) >= 11 is 0. The van der Waals surface area contributed by atoms with Crippen molar-refractivity contribution >= 4 is 0 Å². The summed E-state index contributed by atoms with van der Waals surface area (Å²) in [6.45, 7) is 15.7. The number of rotatable bonds is 3. The zero-order chi connectivity index (χ0) is 9.98. The quantitative estimate of drug-likeness (QED) is 0.355. The van der Waals surface area contributed by atoms with Gasteiger partial charge in [-0.1, -0.05) is 25.3 Å². The summed E-state index contributed by atoms with van der Waals surface area (Å²) in [7, 11) is 0. The van der Waals surface area contributed by atoms with Crippen molar-refractivity contribution in [2.75, 3.05) is 6.61 Å². The van der Waals surface area contributed by atoms with E-state index in [9.17, 15) is 0 Å². The third-order valence-corrected chi connectivity index (χ3v) is 1.13. The third kappa shape index (κ3) is 11.8. The van der Waals surface area contributed by atoms with E-state index in [0.717, 1.165) is 5.57 Å². The molecule has 0 bridgehead atoms. The Morgan fingerprint density at radius 2 is 1.67 bits per heavy atom. The van der Waals surface area contributed by atoms with Crippen molar-refractivity contribution in [3.63, 3.8) is 0 Å². The standard InChI is InChI=1S/C7H12O.C4H8/c1-5-8-7(4)6(2)3;1-3-4-2/h2,4-5H2,1,3H3;3-4H,1-2H3/b;4-3-. The van der Waals surface area contributed by atoms with Gasteiger partial charge in [-0.3, -0.25) is 0 Å². The van der Waals surface area contributed by atoms with E-state index in [-0.39, 0.29) is 0 Å². The summed E-state index contributed by atoms with van der Waals surface area (Å²) in [6, 6.07) is 0. The van der Waals surface area contributed by atoms with Crippen LogP contribution in [0.25, 0.3) is 0 Å². The predicted molar refractivity (Wildman–Crippen MR) is 56.1 cm³/mol. The highest BCUT2D eigenvalue weighted by atomic mass is 16.5. The average Bonchev–Trinajstić information content (AvgIpc) is 2.05. The molecular weight excluding hydrogens is 148 g/mol. The van der Waals surface area contributed by atoms with E-state index in [2.05, 4.69) is 13.2 Å². The molecule has 0 spiro atoms. The maximum absolute atomic E-state index is 5.01. The van der Waals surface area contributed by atoms with Gasteiger partial charge in [0, 0.05) is 0 Å². The van der Waals surface area contributed by atoms with Crippen molar-refractivity contribution in [1.29, 1.82) is 0 Å². The van der Waals surface area contributed by atoms with Gasteiger partial charge in [0.2, 0.25) is 0 Å². The molecule has 1 nitrogen and oxygen atoms in total. The molecule has 0 saturated carbocycles. The summed E-state index contributed by atoms with van der Waals surface area (Å²) in [5, 5.41) is 0. The van der Waals surface area contributed by atoms with Gasteiger partial charge in [0.1, 0.15) is 5.76 Å². The molecule has 0 aromatic rings. The summed E-state index contributed by atoms with van der Waals surface area (Å²) in [6.07, 6.45) is 4.00. The van der Waals surface area contributed by atoms with Crippen LogP contribution in [0.2, 0.25) is 0 Å². The fraction of sp³-hybridized carbons (Fsp3) is 0.455. The minimum absolute atomic E-state index is 0.672. The molecule has 0 aliphatic heterocycles. The first-order chi connectivity index (χ1) is 5.59. The van der Waals surface area contributed by atoms with Crippen LogP contribution in [-0.4, -0.2) is 6.61 Å². The van der Waals surface area contributed by atoms with Gasteiger partial charge in [-0.2, -0.15) is 0 Å². The van der Waals surface area contributed by atoms with Gasteiger partial charge in [-0.25, -0.2) is 0 Å². The van der Waals surface area contributed by atoms with Gasteiger partial charge in [-0.05, 0) is 33.3 Å². The van der Waals surface area contributed by atoms with E-state index in [1.54, 1.807) is 0 Å². The Balaban J connectivity index is 0. The van der Waals surface area contributed by atoms with E-state index in [1.807, 2.05) is 39.8 Å². The molecule has 0 rings (SSSR count). The Morgan fingerprint density at radius 3 is 1.75 bits per heavy atom. The number of ether oxygens (including phenoxy) is 1. The van der Waals surface area contributed by atoms with Crippen LogP contribution in [0.15, 0.2) is 36.6 Å². The second kappa shape index (κ2) is 10.0. The molecule has 0 aliphatic rings. The molecule has 0 saturated heterocycles. The number of hydrogen-bond acceptors (Lipinski definition) is 1. The van der Waals surface area contributed by atoms with Crippen LogP contribution in [-0.2, 0) is 4.74 Å². The van der Waals surface area contributed by atoms with Crippen molar-refractivity contribution in [3.05, 3.63) is 36.6 Å². The molecule has 0 unspecified atom stereocenters. The van der Waals surface area contributed by atoms with Crippen molar-refractivity contribution in [2.45, 2.75) is 27.7 Å². The second-order valence-corrected chi connectivity index (χ2v) is 2.30. The lowest BCUT2D eigenvalue weighted by atomic mass is 10.3. The Hall–Kier alpha value is -0.980. The Bertz CT molecular complexity index is 150. The number of allylic oxidation sites excluding steroid dienone is 3. The predicted octanol–water partition coefficient (Wildman–Crippen LogP) is 3.70. The van der Waals surface area contributed by atoms with Crippen LogP contribution in [0.3, 0.4) is 0 Å². The van der Waals surface area contributed by atoms with Crippen molar-refractivity contribution < 1.29 is 4.74 Å². The molecule has 0 amide bonds. The van der Waals surface area contributed by atoms with Crippen molar-refractivity contribution in [2.24, 2.45) is 0 Å². The van der Waals surface area contributed by atoms with Crippen LogP contribution in [0.4, 0.5) is 0 Å². The minimum Gasteiger partial charge on any atom is -0.494 e. The molecule has 1 heteroatoms. The van der Waals surface area contributed by atoms with E-state index >= 15 is 0 Å². The monoisotopic (exact) mass is 168 g/mol. The van der Waals surface area contributed by atoms with E-state index in [0.29, 0.717) is 12.4 Å². The first-order valence-corrected chi connectivity index (χ1v) is 4.15. The third-order valence-electron chi connectivity index (χ3n) is 1.13. The summed E-state index contributed by atoms with van der Waals surface area (Å²) in [5.74, 6) is 0.688. The minimum atomic E-state index is 0.672. The van der Waals surface area contributed by atoms with E-state index < -0.39 is 0 Å². The molecule has 0 aromatic carbocycles. The van der Waals surface area contributed by atoms with Crippen molar-refractivity contribution in [3.8, 4) is 0 Å². The molecule has 70 valence electrons. The van der Waals surface area contributed by atoms with Crippen LogP contribution < -0.4 is 0 Å². The maximum atomic E-state index is 5.01. The van der Waals surface area contributed by atoms with Gasteiger partial charge < -0.3 is 4.74 Å². The highest BCUT2D eigenvalue weighted by Crippen LogP contribution is 2.03. The lowest BCUT2D eigenvalue weighted by Crippen LogP contribution is -1.88. The molecule has 12 heavy (non-hydrogen) atoms. The summed E-state index contributed by atoms with van der Waals surface area (Å²) in [5.41, 5.74) is 0.895. The lowest BCUT2D eigenvalue weighted by Gasteiger charge is -2.03. The highest BCUT2D eigenvalue weighted by Gasteiger charge is 1.89. The largest absolute Gasteiger partial charge is 0.494 e. The topological polar surface area (TPSA) is 9.23 Å². The summed E-state index contributed by atoms with van der Waals surface area (Å²) in [4.78, 5) is 0. The fourth-order valence-corrected chi connectivity index (χ4v) is 0.297. The first-order valence-electron chi connectivity index (χ1n) is 4.15.